The van der Waals surface area contributed by atoms with Gasteiger partial charge in [-0.2, -0.15) is 5.10 Å². The summed E-state index contributed by atoms with van der Waals surface area (Å²) in [4.78, 5) is 0. The summed E-state index contributed by atoms with van der Waals surface area (Å²) < 4.78 is 0. The normalized spacial score (nSPS) is 19.5. The van der Waals surface area contributed by atoms with Gasteiger partial charge in [-0.1, -0.05) is 65.9 Å². The van der Waals surface area contributed by atoms with Gasteiger partial charge in [-0.05, 0) is 30.7 Å². The minimum Gasteiger partial charge on any atom is -0.291 e. The van der Waals surface area contributed by atoms with Gasteiger partial charge >= 0.3 is 0 Å². The highest BCUT2D eigenvalue weighted by Crippen LogP contribution is 2.32. The van der Waals surface area contributed by atoms with Crippen molar-refractivity contribution in [2.24, 2.45) is 5.10 Å². The molecule has 1 heterocycles. The Kier molecular flexibility index (Phi) is 5.31. The molecule has 98 valence electrons. The van der Waals surface area contributed by atoms with Crippen LogP contribution in [-0.4, -0.2) is 5.04 Å². The highest BCUT2D eigenvalue weighted by molar-refractivity contribution is 8.14. The summed E-state index contributed by atoms with van der Waals surface area (Å²) in [7, 11) is 0. The second-order valence-electron chi connectivity index (χ2n) is 3.90. The van der Waals surface area contributed by atoms with Gasteiger partial charge in [0, 0.05) is 5.02 Å². The molecule has 1 aliphatic heterocycles. The van der Waals surface area contributed by atoms with Crippen LogP contribution in [0.5, 0.6) is 0 Å². The van der Waals surface area contributed by atoms with E-state index < -0.39 is 0 Å². The Morgan fingerprint density at radius 1 is 1.16 bits per heavy atom. The lowest BCUT2D eigenvalue weighted by atomic mass is 10.2. The fourth-order valence-electron chi connectivity index (χ4n) is 1.53. The van der Waals surface area contributed by atoms with Gasteiger partial charge in [0.05, 0.1) is 0 Å². The Morgan fingerprint density at radius 2 is 1.89 bits per heavy atom. The first kappa shape index (κ1) is 14.0. The predicted molar refractivity (Wildman–Crippen MR) is 85.4 cm³/mol. The summed E-state index contributed by atoms with van der Waals surface area (Å²) in [5.74, 6) is 0. The Hall–Kier alpha value is -1.45. The summed E-state index contributed by atoms with van der Waals surface area (Å²) >= 11 is 7.57. The molecule has 0 saturated carbocycles. The average molecular weight is 291 g/mol. The molecular weight excluding hydrogens is 276 g/mol. The summed E-state index contributed by atoms with van der Waals surface area (Å²) in [6.07, 6.45) is 11.9. The smallest absolute Gasteiger partial charge is 0.120 e. The molecule has 0 aromatic heterocycles. The quantitative estimate of drug-likeness (QED) is 0.815. The van der Waals surface area contributed by atoms with E-state index in [-0.39, 0.29) is 5.37 Å². The fourth-order valence-corrected chi connectivity index (χ4v) is 2.56. The maximum absolute atomic E-state index is 5.88. The predicted octanol–water partition coefficient (Wildman–Crippen LogP) is 4.68. The van der Waals surface area contributed by atoms with Crippen molar-refractivity contribution in [3.05, 3.63) is 71.3 Å². The van der Waals surface area contributed by atoms with Crippen LogP contribution in [0.1, 0.15) is 17.9 Å². The van der Waals surface area contributed by atoms with E-state index in [9.17, 15) is 0 Å². The zero-order chi connectivity index (χ0) is 13.5. The molecule has 0 fully saturated rings. The van der Waals surface area contributed by atoms with E-state index in [1.807, 2.05) is 67.6 Å². The number of benzene rings is 1. The summed E-state index contributed by atoms with van der Waals surface area (Å²) in [6.45, 7) is 1.99. The first-order chi connectivity index (χ1) is 9.29. The van der Waals surface area contributed by atoms with Crippen LogP contribution in [0.25, 0.3) is 0 Å². The van der Waals surface area contributed by atoms with Gasteiger partial charge in [-0.3, -0.25) is 5.43 Å². The lowest BCUT2D eigenvalue weighted by Crippen LogP contribution is -2.06. The second-order valence-corrected chi connectivity index (χ2v) is 5.46. The fraction of sp³-hybridized carbons (Fsp3) is 0.133. The maximum atomic E-state index is 5.88. The molecule has 1 aromatic rings. The van der Waals surface area contributed by atoms with Gasteiger partial charge in [-0.25, -0.2) is 0 Å². The molecular formula is C15H15ClN2S. The molecule has 0 amide bonds. The van der Waals surface area contributed by atoms with Gasteiger partial charge < -0.3 is 0 Å². The molecule has 1 N–H and O–H groups in total. The zero-order valence-corrected chi connectivity index (χ0v) is 12.2. The minimum absolute atomic E-state index is 0.163. The monoisotopic (exact) mass is 290 g/mol. The third-order valence-corrected chi connectivity index (χ3v) is 3.80. The number of nitrogens with one attached hydrogen (secondary N) is 1. The lowest BCUT2D eigenvalue weighted by Gasteiger charge is -2.08. The maximum Gasteiger partial charge on any atom is 0.120 e. The van der Waals surface area contributed by atoms with Crippen LogP contribution in [-0.2, 0) is 0 Å². The van der Waals surface area contributed by atoms with E-state index in [0.29, 0.717) is 0 Å². The van der Waals surface area contributed by atoms with Gasteiger partial charge in [0.15, 0.2) is 0 Å². The van der Waals surface area contributed by atoms with Crippen LogP contribution in [0, 0.1) is 0 Å². The van der Waals surface area contributed by atoms with Crippen molar-refractivity contribution < 1.29 is 0 Å². The van der Waals surface area contributed by atoms with Gasteiger partial charge in [0.2, 0.25) is 0 Å². The average Bonchev–Trinajstić information content (AvgIpc) is 2.88. The third kappa shape index (κ3) is 4.30. The van der Waals surface area contributed by atoms with Gasteiger partial charge in [-0.15, -0.1) is 0 Å². The molecule has 1 aliphatic rings. The number of hydrogen-bond acceptors (Lipinski definition) is 3. The molecule has 4 heteroatoms. The van der Waals surface area contributed by atoms with Crippen LogP contribution in [0.3, 0.4) is 0 Å². The molecule has 1 aromatic carbocycles. The molecule has 0 spiro atoms. The van der Waals surface area contributed by atoms with Crippen LogP contribution >= 0.6 is 23.4 Å². The summed E-state index contributed by atoms with van der Waals surface area (Å²) in [5.41, 5.74) is 4.29. The Morgan fingerprint density at radius 3 is 2.63 bits per heavy atom. The molecule has 19 heavy (non-hydrogen) atoms. The Bertz CT molecular complexity index is 530. The molecule has 0 saturated heterocycles. The van der Waals surface area contributed by atoms with Crippen LogP contribution in [0.2, 0.25) is 5.02 Å². The number of nitrogens with zero attached hydrogens (tertiary/aromatic N) is 1. The van der Waals surface area contributed by atoms with E-state index in [2.05, 4.69) is 10.5 Å². The number of hydrazone groups is 1. The van der Waals surface area contributed by atoms with E-state index in [4.69, 9.17) is 11.6 Å². The molecule has 2 nitrogen and oxygen atoms in total. The first-order valence-corrected chi connectivity index (χ1v) is 7.27. The minimum atomic E-state index is 0.163. The highest BCUT2D eigenvalue weighted by atomic mass is 35.5. The zero-order valence-electron chi connectivity index (χ0n) is 10.6. The topological polar surface area (TPSA) is 24.4 Å². The van der Waals surface area contributed by atoms with Gasteiger partial charge in [0.1, 0.15) is 10.4 Å². The number of halogens is 1. The van der Waals surface area contributed by atoms with Crippen molar-refractivity contribution >= 4 is 28.4 Å². The second kappa shape index (κ2) is 7.22. The molecule has 1 unspecified atom stereocenters. The van der Waals surface area contributed by atoms with Crippen molar-refractivity contribution in [1.29, 1.82) is 0 Å². The van der Waals surface area contributed by atoms with Gasteiger partial charge in [0.25, 0.3) is 0 Å². The summed E-state index contributed by atoms with van der Waals surface area (Å²) in [6, 6.07) is 7.82. The molecule has 0 radical (unpaired) electrons. The molecule has 1 atom stereocenters. The SMILES string of the molecule is C\C=C/C=C\C=C\C1=NNC(c2ccc(Cl)cc2)S1. The summed E-state index contributed by atoms with van der Waals surface area (Å²) in [5, 5.41) is 6.18. The van der Waals surface area contributed by atoms with Crippen molar-refractivity contribution in [2.75, 3.05) is 0 Å². The largest absolute Gasteiger partial charge is 0.291 e. The van der Waals surface area contributed by atoms with Crippen molar-refractivity contribution in [2.45, 2.75) is 12.3 Å². The highest BCUT2D eigenvalue weighted by Gasteiger charge is 2.18. The number of allylic oxidation sites excluding steroid dienone is 5. The van der Waals surface area contributed by atoms with Crippen molar-refractivity contribution in [3.8, 4) is 0 Å². The standard InChI is InChI=1S/C15H15ClN2S/c1-2-3-4-5-6-7-14-17-18-15(19-14)12-8-10-13(16)11-9-12/h2-11,15,18H,1H3/b3-2-,5-4-,7-6+. The number of rotatable bonds is 4. The van der Waals surface area contributed by atoms with Crippen LogP contribution in [0.15, 0.2) is 65.8 Å². The Balaban J connectivity index is 1.90. The molecule has 0 bridgehead atoms. The lowest BCUT2D eigenvalue weighted by molar-refractivity contribution is 0.744. The van der Waals surface area contributed by atoms with E-state index in [0.717, 1.165) is 10.1 Å². The van der Waals surface area contributed by atoms with E-state index in [1.165, 1.54) is 5.56 Å². The molecule has 2 rings (SSSR count). The molecule has 0 aliphatic carbocycles. The first-order valence-electron chi connectivity index (χ1n) is 6.01. The van der Waals surface area contributed by atoms with Crippen LogP contribution < -0.4 is 5.43 Å². The Labute approximate surface area is 122 Å². The van der Waals surface area contributed by atoms with Crippen molar-refractivity contribution in [3.63, 3.8) is 0 Å². The number of hydrogen-bond donors (Lipinski definition) is 1. The van der Waals surface area contributed by atoms with E-state index >= 15 is 0 Å². The third-order valence-electron chi connectivity index (χ3n) is 2.47. The van der Waals surface area contributed by atoms with E-state index in [1.54, 1.807) is 11.8 Å². The van der Waals surface area contributed by atoms with Crippen LogP contribution in [0.4, 0.5) is 0 Å². The van der Waals surface area contributed by atoms with Crippen molar-refractivity contribution in [1.82, 2.24) is 5.43 Å². The number of thioether (sulfide) groups is 1.